The standard InChI is InChI=1S/C60H119NO10/c1-3-5-7-9-11-13-15-17-19-21-23-24-25-26-27-28-29-30-32-34-36-38-40-42-44-46-48-53(64)59(69)61-51(50-70-60-58(68)57(67)56(66)54(49-62)71-60)55(65)52(63)47-45-43-41-39-37-35-33-31-22-20-18-16-14-12-10-8-6-4-2/h51-58,60,62-68H,3-50H2,1-2H3,(H,61,69). The van der Waals surface area contributed by atoms with Crippen molar-refractivity contribution in [2.45, 2.75) is 364 Å². The van der Waals surface area contributed by atoms with Gasteiger partial charge in [-0.1, -0.05) is 296 Å². The van der Waals surface area contributed by atoms with Crippen molar-refractivity contribution in [3.05, 3.63) is 0 Å². The number of hydrogen-bond acceptors (Lipinski definition) is 10. The Morgan fingerprint density at radius 1 is 0.437 bits per heavy atom. The molecule has 11 nitrogen and oxygen atoms in total. The number of rotatable bonds is 54. The monoisotopic (exact) mass is 1010 g/mol. The molecular formula is C60H119NO10. The average Bonchev–Trinajstić information content (AvgIpc) is 3.37. The summed E-state index contributed by atoms with van der Waals surface area (Å²) in [7, 11) is 0. The molecule has 9 atom stereocenters. The van der Waals surface area contributed by atoms with E-state index in [4.69, 9.17) is 9.47 Å². The quantitative estimate of drug-likeness (QED) is 0.0272. The molecule has 1 heterocycles. The van der Waals surface area contributed by atoms with Gasteiger partial charge in [-0.2, -0.15) is 0 Å². The minimum absolute atomic E-state index is 0.267. The fraction of sp³-hybridized carbons (Fsp3) is 0.983. The number of ether oxygens (including phenoxy) is 2. The molecule has 0 aromatic heterocycles. The van der Waals surface area contributed by atoms with Crippen molar-refractivity contribution in [2.24, 2.45) is 0 Å². The van der Waals surface area contributed by atoms with E-state index in [1.54, 1.807) is 0 Å². The Hall–Kier alpha value is -0.890. The van der Waals surface area contributed by atoms with Gasteiger partial charge in [-0.25, -0.2) is 0 Å². The molecule has 0 aromatic carbocycles. The zero-order chi connectivity index (χ0) is 51.8. The normalized spacial score (nSPS) is 20.0. The van der Waals surface area contributed by atoms with Gasteiger partial charge in [0.25, 0.3) is 0 Å². The third kappa shape index (κ3) is 38.3. The Morgan fingerprint density at radius 3 is 1.04 bits per heavy atom. The molecule has 1 saturated heterocycles. The smallest absolute Gasteiger partial charge is 0.249 e. The summed E-state index contributed by atoms with van der Waals surface area (Å²) in [5.74, 6) is -0.689. The molecule has 1 fully saturated rings. The molecule has 424 valence electrons. The minimum Gasteiger partial charge on any atom is -0.394 e. The first-order valence-electron chi connectivity index (χ1n) is 30.9. The first kappa shape index (κ1) is 68.1. The van der Waals surface area contributed by atoms with Crippen LogP contribution < -0.4 is 5.32 Å². The van der Waals surface area contributed by atoms with Crippen molar-refractivity contribution in [1.82, 2.24) is 5.32 Å². The van der Waals surface area contributed by atoms with Crippen molar-refractivity contribution < 1.29 is 50.0 Å². The number of carbonyl (C=O) groups is 1. The van der Waals surface area contributed by atoms with Gasteiger partial charge in [0.15, 0.2) is 6.29 Å². The Kier molecular flexibility index (Phi) is 47.9. The first-order valence-corrected chi connectivity index (χ1v) is 30.9. The Morgan fingerprint density at radius 2 is 0.732 bits per heavy atom. The molecule has 1 rings (SSSR count). The number of aliphatic hydroxyl groups is 7. The SMILES string of the molecule is CCCCCCCCCCCCCCCCCCCCCCCCCCCCC(O)C(=O)NC(COC1OC(CO)C(O)C(O)C1O)C(O)C(O)CCCCCCCCCCCCCCCCCCCC. The molecule has 1 aliphatic heterocycles. The summed E-state index contributed by atoms with van der Waals surface area (Å²) in [5.41, 5.74) is 0. The molecule has 71 heavy (non-hydrogen) atoms. The summed E-state index contributed by atoms with van der Waals surface area (Å²) in [6.45, 7) is 3.51. The summed E-state index contributed by atoms with van der Waals surface area (Å²) in [6, 6.07) is -1.16. The molecule has 9 unspecified atom stereocenters. The van der Waals surface area contributed by atoms with Gasteiger partial charge in [-0.05, 0) is 12.8 Å². The van der Waals surface area contributed by atoms with Crippen LogP contribution in [0, 0.1) is 0 Å². The predicted octanol–water partition coefficient (Wildman–Crippen LogP) is 13.4. The lowest BCUT2D eigenvalue weighted by Gasteiger charge is -2.40. The van der Waals surface area contributed by atoms with E-state index >= 15 is 0 Å². The van der Waals surface area contributed by atoms with Crippen LogP contribution in [0.15, 0.2) is 0 Å². The highest BCUT2D eigenvalue weighted by atomic mass is 16.7. The van der Waals surface area contributed by atoms with E-state index in [1.807, 2.05) is 0 Å². The topological polar surface area (TPSA) is 189 Å². The highest BCUT2D eigenvalue weighted by Gasteiger charge is 2.44. The summed E-state index contributed by atoms with van der Waals surface area (Å²) in [5, 5.41) is 76.3. The summed E-state index contributed by atoms with van der Waals surface area (Å²) < 4.78 is 11.2. The zero-order valence-corrected chi connectivity index (χ0v) is 46.5. The maximum atomic E-state index is 13.2. The van der Waals surface area contributed by atoms with E-state index in [9.17, 15) is 40.5 Å². The fourth-order valence-corrected chi connectivity index (χ4v) is 10.4. The van der Waals surface area contributed by atoms with Gasteiger partial charge in [0.2, 0.25) is 5.91 Å². The summed E-state index contributed by atoms with van der Waals surface area (Å²) in [6.07, 6.45) is 45.9. The largest absolute Gasteiger partial charge is 0.394 e. The molecule has 0 aromatic rings. The van der Waals surface area contributed by atoms with Crippen LogP contribution in [0.4, 0.5) is 0 Å². The van der Waals surface area contributed by atoms with E-state index in [1.165, 1.54) is 231 Å². The number of aliphatic hydroxyl groups excluding tert-OH is 7. The molecule has 0 aliphatic carbocycles. The van der Waals surface area contributed by atoms with E-state index in [0.29, 0.717) is 19.3 Å². The highest BCUT2D eigenvalue weighted by molar-refractivity contribution is 5.80. The highest BCUT2D eigenvalue weighted by Crippen LogP contribution is 2.24. The number of unbranched alkanes of at least 4 members (excludes halogenated alkanes) is 42. The number of carbonyl (C=O) groups excluding carboxylic acids is 1. The molecule has 1 amide bonds. The van der Waals surface area contributed by atoms with Gasteiger partial charge in [-0.3, -0.25) is 4.79 Å². The van der Waals surface area contributed by atoms with Gasteiger partial charge in [-0.15, -0.1) is 0 Å². The number of amides is 1. The molecule has 8 N–H and O–H groups in total. The second kappa shape index (κ2) is 50.0. The lowest BCUT2D eigenvalue weighted by Crippen LogP contribution is -2.60. The third-order valence-corrected chi connectivity index (χ3v) is 15.4. The van der Waals surface area contributed by atoms with Gasteiger partial charge >= 0.3 is 0 Å². The molecule has 0 saturated carbocycles. The average molecular weight is 1010 g/mol. The van der Waals surface area contributed by atoms with Crippen LogP contribution in [0.1, 0.15) is 309 Å². The van der Waals surface area contributed by atoms with E-state index in [2.05, 4.69) is 19.2 Å². The Balaban J connectivity index is 2.24. The molecule has 1 aliphatic rings. The maximum absolute atomic E-state index is 13.2. The zero-order valence-electron chi connectivity index (χ0n) is 46.5. The van der Waals surface area contributed by atoms with Gasteiger partial charge in [0, 0.05) is 0 Å². The van der Waals surface area contributed by atoms with Crippen molar-refractivity contribution in [3.8, 4) is 0 Å². The van der Waals surface area contributed by atoms with Gasteiger partial charge in [0.05, 0.1) is 25.4 Å². The second-order valence-electron chi connectivity index (χ2n) is 22.1. The second-order valence-corrected chi connectivity index (χ2v) is 22.1. The predicted molar refractivity (Wildman–Crippen MR) is 293 cm³/mol. The van der Waals surface area contributed by atoms with Gasteiger partial charge in [0.1, 0.15) is 36.6 Å². The van der Waals surface area contributed by atoms with E-state index in [-0.39, 0.29) is 6.42 Å². The summed E-state index contributed by atoms with van der Waals surface area (Å²) >= 11 is 0. The lowest BCUT2D eigenvalue weighted by atomic mass is 9.98. The van der Waals surface area contributed by atoms with Crippen molar-refractivity contribution in [3.63, 3.8) is 0 Å². The van der Waals surface area contributed by atoms with Crippen LogP contribution in [0.25, 0.3) is 0 Å². The van der Waals surface area contributed by atoms with Crippen molar-refractivity contribution in [1.29, 1.82) is 0 Å². The van der Waals surface area contributed by atoms with Crippen molar-refractivity contribution >= 4 is 5.91 Å². The Labute approximate surface area is 437 Å². The minimum atomic E-state index is -1.66. The third-order valence-electron chi connectivity index (χ3n) is 15.4. The van der Waals surface area contributed by atoms with E-state index < -0.39 is 74.2 Å². The maximum Gasteiger partial charge on any atom is 0.249 e. The molecular weight excluding hydrogens is 895 g/mol. The van der Waals surface area contributed by atoms with E-state index in [0.717, 1.165) is 38.5 Å². The van der Waals surface area contributed by atoms with Crippen LogP contribution in [0.2, 0.25) is 0 Å². The Bertz CT molecular complexity index is 1120. The molecule has 0 spiro atoms. The van der Waals surface area contributed by atoms with Crippen molar-refractivity contribution in [2.75, 3.05) is 13.2 Å². The fourth-order valence-electron chi connectivity index (χ4n) is 10.4. The number of hydrogen-bond donors (Lipinski definition) is 8. The molecule has 11 heteroatoms. The van der Waals surface area contributed by atoms with Crippen LogP contribution >= 0.6 is 0 Å². The van der Waals surface area contributed by atoms with Crippen LogP contribution in [-0.4, -0.2) is 110 Å². The molecule has 0 bridgehead atoms. The van der Waals surface area contributed by atoms with Gasteiger partial charge < -0.3 is 50.5 Å². The first-order chi connectivity index (χ1) is 34.7. The lowest BCUT2D eigenvalue weighted by molar-refractivity contribution is -0.303. The molecule has 0 radical (unpaired) electrons. The summed E-state index contributed by atoms with van der Waals surface area (Å²) in [4.78, 5) is 13.2. The number of nitrogens with one attached hydrogen (secondary N) is 1. The van der Waals surface area contributed by atoms with Crippen LogP contribution in [-0.2, 0) is 14.3 Å². The van der Waals surface area contributed by atoms with Crippen LogP contribution in [0.5, 0.6) is 0 Å². The van der Waals surface area contributed by atoms with Crippen LogP contribution in [0.3, 0.4) is 0 Å².